The van der Waals surface area contributed by atoms with Crippen molar-refractivity contribution >= 4 is 11.7 Å². The van der Waals surface area contributed by atoms with Crippen molar-refractivity contribution in [3.63, 3.8) is 0 Å². The zero-order valence-corrected chi connectivity index (χ0v) is 17.8. The molecule has 0 fully saturated rings. The number of nitrogens with one attached hydrogen (secondary N) is 1. The minimum absolute atomic E-state index is 0.322. The van der Waals surface area contributed by atoms with E-state index < -0.39 is 5.97 Å². The van der Waals surface area contributed by atoms with Gasteiger partial charge < -0.3 is 19.7 Å². The van der Waals surface area contributed by atoms with E-state index in [9.17, 15) is 4.79 Å². The SMILES string of the molecule is O=C(O)COc1cccc2c1CCC(=CCON=C(Cc1cc[nH]c1)c1ccccc1)C2. The minimum Gasteiger partial charge on any atom is -0.482 e. The largest absolute Gasteiger partial charge is 0.482 e. The Balaban J connectivity index is 1.40. The van der Waals surface area contributed by atoms with Gasteiger partial charge in [-0.15, -0.1) is 0 Å². The standard InChI is InChI=1S/C26H26N2O4/c29-26(30)18-31-25-8-4-7-22-15-19(9-10-23(22)25)12-14-32-28-24(16-20-11-13-27-17-20)21-5-2-1-3-6-21/h1-8,11-13,17,27H,9-10,14-16,18H2,(H,29,30). The first-order valence-electron chi connectivity index (χ1n) is 10.7. The van der Waals surface area contributed by atoms with Crippen LogP contribution in [0.4, 0.5) is 0 Å². The van der Waals surface area contributed by atoms with Gasteiger partial charge in [0, 0.05) is 18.8 Å². The Hall–Kier alpha value is -3.80. The van der Waals surface area contributed by atoms with Gasteiger partial charge in [-0.2, -0.15) is 0 Å². The van der Waals surface area contributed by atoms with Crippen LogP contribution in [0.25, 0.3) is 0 Å². The lowest BCUT2D eigenvalue weighted by Gasteiger charge is -2.21. The van der Waals surface area contributed by atoms with Gasteiger partial charge in [-0.05, 0) is 59.7 Å². The number of aromatic nitrogens is 1. The average molecular weight is 431 g/mol. The molecule has 6 heteroatoms. The van der Waals surface area contributed by atoms with Crippen LogP contribution in [0, 0.1) is 0 Å². The maximum Gasteiger partial charge on any atom is 0.341 e. The summed E-state index contributed by atoms with van der Waals surface area (Å²) in [7, 11) is 0. The van der Waals surface area contributed by atoms with Crippen LogP contribution in [0.2, 0.25) is 0 Å². The van der Waals surface area contributed by atoms with E-state index in [1.54, 1.807) is 0 Å². The van der Waals surface area contributed by atoms with Gasteiger partial charge in [0.25, 0.3) is 0 Å². The number of oxime groups is 1. The van der Waals surface area contributed by atoms with Crippen molar-refractivity contribution in [3.05, 3.63) is 101 Å². The number of fused-ring (bicyclic) bond motifs is 1. The van der Waals surface area contributed by atoms with Gasteiger partial charge in [0.1, 0.15) is 12.4 Å². The van der Waals surface area contributed by atoms with Gasteiger partial charge in [-0.3, -0.25) is 0 Å². The molecule has 1 aliphatic carbocycles. The van der Waals surface area contributed by atoms with E-state index in [2.05, 4.69) is 22.3 Å². The van der Waals surface area contributed by atoms with E-state index in [1.165, 1.54) is 11.1 Å². The molecular weight excluding hydrogens is 404 g/mol. The Bertz CT molecular complexity index is 1100. The predicted molar refractivity (Wildman–Crippen MR) is 123 cm³/mol. The van der Waals surface area contributed by atoms with Crippen molar-refractivity contribution < 1.29 is 19.5 Å². The third-order valence-electron chi connectivity index (χ3n) is 5.46. The molecule has 0 bridgehead atoms. The van der Waals surface area contributed by atoms with Crippen molar-refractivity contribution in [2.45, 2.75) is 25.7 Å². The van der Waals surface area contributed by atoms with E-state index >= 15 is 0 Å². The zero-order chi connectivity index (χ0) is 22.2. The summed E-state index contributed by atoms with van der Waals surface area (Å²) in [6.45, 7) is 0.0842. The molecule has 3 aromatic rings. The van der Waals surface area contributed by atoms with Crippen LogP contribution < -0.4 is 4.74 Å². The number of aromatic amines is 1. The summed E-state index contributed by atoms with van der Waals surface area (Å²) in [5.74, 6) is -0.301. The quantitative estimate of drug-likeness (QED) is 0.226. The fourth-order valence-electron chi connectivity index (χ4n) is 3.88. The van der Waals surface area contributed by atoms with Crippen molar-refractivity contribution in [2.24, 2.45) is 5.16 Å². The molecule has 4 rings (SSSR count). The van der Waals surface area contributed by atoms with Gasteiger partial charge in [-0.25, -0.2) is 4.79 Å². The number of carboxylic acids is 1. The molecule has 0 saturated heterocycles. The summed E-state index contributed by atoms with van der Waals surface area (Å²) in [6, 6.07) is 17.9. The molecular formula is C26H26N2O4. The van der Waals surface area contributed by atoms with Crippen LogP contribution in [0.1, 0.15) is 28.7 Å². The van der Waals surface area contributed by atoms with Crippen molar-refractivity contribution in [1.82, 2.24) is 4.98 Å². The lowest BCUT2D eigenvalue weighted by molar-refractivity contribution is -0.139. The van der Waals surface area contributed by atoms with E-state index in [0.717, 1.165) is 41.7 Å². The number of benzene rings is 2. The first-order valence-corrected chi connectivity index (χ1v) is 10.7. The monoisotopic (exact) mass is 430 g/mol. The van der Waals surface area contributed by atoms with E-state index in [1.807, 2.05) is 60.9 Å². The highest BCUT2D eigenvalue weighted by Gasteiger charge is 2.17. The zero-order valence-electron chi connectivity index (χ0n) is 17.8. The van der Waals surface area contributed by atoms with E-state index in [4.69, 9.17) is 14.7 Å². The number of carbonyl (C=O) groups is 1. The van der Waals surface area contributed by atoms with E-state index in [0.29, 0.717) is 18.8 Å². The van der Waals surface area contributed by atoms with Crippen LogP contribution in [-0.4, -0.2) is 35.0 Å². The van der Waals surface area contributed by atoms with Crippen LogP contribution in [0.3, 0.4) is 0 Å². The van der Waals surface area contributed by atoms with Gasteiger partial charge >= 0.3 is 5.97 Å². The molecule has 0 aliphatic heterocycles. The van der Waals surface area contributed by atoms with Crippen LogP contribution >= 0.6 is 0 Å². The molecule has 0 spiro atoms. The third-order valence-corrected chi connectivity index (χ3v) is 5.46. The average Bonchev–Trinajstić information content (AvgIpc) is 3.33. The first kappa shape index (κ1) is 21.4. The molecule has 1 heterocycles. The molecule has 6 nitrogen and oxygen atoms in total. The van der Waals surface area contributed by atoms with Gasteiger partial charge in [0.05, 0.1) is 5.71 Å². The molecule has 1 aliphatic rings. The number of hydrogen-bond acceptors (Lipinski definition) is 4. The van der Waals surface area contributed by atoms with Crippen molar-refractivity contribution in [1.29, 1.82) is 0 Å². The van der Waals surface area contributed by atoms with Crippen molar-refractivity contribution in [3.8, 4) is 5.75 Å². The van der Waals surface area contributed by atoms with Crippen LogP contribution in [-0.2, 0) is 28.9 Å². The molecule has 0 unspecified atom stereocenters. The summed E-state index contributed by atoms with van der Waals surface area (Å²) in [5.41, 5.74) is 6.64. The number of allylic oxidation sites excluding steroid dienone is 1. The number of rotatable bonds is 9. The highest BCUT2D eigenvalue weighted by Crippen LogP contribution is 2.31. The normalized spacial score (nSPS) is 14.8. The molecule has 1 aromatic heterocycles. The highest BCUT2D eigenvalue weighted by atomic mass is 16.6. The molecule has 0 atom stereocenters. The first-order chi connectivity index (χ1) is 15.7. The van der Waals surface area contributed by atoms with Gasteiger partial charge in [0.2, 0.25) is 0 Å². The third kappa shape index (κ3) is 5.66. The summed E-state index contributed by atoms with van der Waals surface area (Å²) >= 11 is 0. The van der Waals surface area contributed by atoms with Gasteiger partial charge in [-0.1, -0.05) is 53.2 Å². The lowest BCUT2D eigenvalue weighted by atomic mass is 9.87. The molecule has 0 saturated carbocycles. The minimum atomic E-state index is -0.969. The van der Waals surface area contributed by atoms with Crippen LogP contribution in [0.5, 0.6) is 5.75 Å². The second-order valence-electron chi connectivity index (χ2n) is 7.71. The molecule has 2 N–H and O–H groups in total. The Kier molecular flexibility index (Phi) is 7.02. The molecule has 164 valence electrons. The Labute approximate surface area is 187 Å². The fourth-order valence-corrected chi connectivity index (χ4v) is 3.88. The number of hydrogen-bond donors (Lipinski definition) is 2. The molecule has 0 amide bonds. The molecule has 32 heavy (non-hydrogen) atoms. The fraction of sp³-hybridized carbons (Fsp3) is 0.231. The summed E-state index contributed by atoms with van der Waals surface area (Å²) in [6.07, 6.45) is 9.18. The maximum absolute atomic E-state index is 10.8. The topological polar surface area (TPSA) is 83.9 Å². The van der Waals surface area contributed by atoms with Crippen LogP contribution in [0.15, 0.2) is 83.8 Å². The predicted octanol–water partition coefficient (Wildman–Crippen LogP) is 4.56. The Morgan fingerprint density at radius 2 is 1.97 bits per heavy atom. The second-order valence-corrected chi connectivity index (χ2v) is 7.71. The number of nitrogens with zero attached hydrogens (tertiary/aromatic N) is 1. The molecule has 0 radical (unpaired) electrons. The summed E-state index contributed by atoms with van der Waals surface area (Å²) in [5, 5.41) is 13.3. The number of aliphatic carboxylic acids is 1. The second kappa shape index (κ2) is 10.5. The van der Waals surface area contributed by atoms with E-state index in [-0.39, 0.29) is 6.61 Å². The summed E-state index contributed by atoms with van der Waals surface area (Å²) < 4.78 is 5.45. The number of ether oxygens (including phenoxy) is 1. The van der Waals surface area contributed by atoms with Gasteiger partial charge in [0.15, 0.2) is 6.61 Å². The number of H-pyrrole nitrogens is 1. The number of carboxylic acid groups (broad SMARTS) is 1. The smallest absolute Gasteiger partial charge is 0.341 e. The molecule has 2 aromatic carbocycles. The highest BCUT2D eigenvalue weighted by molar-refractivity contribution is 6.01. The van der Waals surface area contributed by atoms with Crippen molar-refractivity contribution in [2.75, 3.05) is 13.2 Å². The lowest BCUT2D eigenvalue weighted by Crippen LogP contribution is -2.13. The maximum atomic E-state index is 10.8. The summed E-state index contributed by atoms with van der Waals surface area (Å²) in [4.78, 5) is 19.6. The Morgan fingerprint density at radius 1 is 1.09 bits per heavy atom. The Morgan fingerprint density at radius 3 is 2.75 bits per heavy atom.